The minimum absolute atomic E-state index is 0.0346. The maximum atomic E-state index is 12.0. The van der Waals surface area contributed by atoms with E-state index in [4.69, 9.17) is 4.74 Å². The van der Waals surface area contributed by atoms with Crippen molar-refractivity contribution in [1.29, 1.82) is 0 Å². The predicted octanol–water partition coefficient (Wildman–Crippen LogP) is 4.50. The number of ether oxygens (including phenoxy) is 1. The van der Waals surface area contributed by atoms with E-state index < -0.39 is 0 Å². The van der Waals surface area contributed by atoms with Gasteiger partial charge >= 0.3 is 0 Å². The van der Waals surface area contributed by atoms with Gasteiger partial charge in [0.25, 0.3) is 5.91 Å². The molecule has 4 heteroatoms. The second-order valence-corrected chi connectivity index (χ2v) is 7.50. The van der Waals surface area contributed by atoms with Crippen molar-refractivity contribution in [3.05, 3.63) is 59.7 Å². The molecule has 2 aromatic rings. The van der Waals surface area contributed by atoms with Crippen molar-refractivity contribution in [3.63, 3.8) is 0 Å². The van der Waals surface area contributed by atoms with Gasteiger partial charge in [-0.2, -0.15) is 0 Å². The molecule has 1 heterocycles. The van der Waals surface area contributed by atoms with E-state index in [0.29, 0.717) is 12.5 Å². The topological polar surface area (TPSA) is 41.6 Å². The van der Waals surface area contributed by atoms with E-state index in [-0.39, 0.29) is 12.5 Å². The maximum absolute atomic E-state index is 12.0. The lowest BCUT2D eigenvalue weighted by Gasteiger charge is -2.28. The normalized spacial score (nSPS) is 14.3. The van der Waals surface area contributed by atoms with Gasteiger partial charge in [0.2, 0.25) is 0 Å². The van der Waals surface area contributed by atoms with Gasteiger partial charge in [-0.1, -0.05) is 38.1 Å². The molecule has 0 atom stereocenters. The van der Waals surface area contributed by atoms with Crippen molar-refractivity contribution in [2.45, 2.75) is 45.6 Å². The fraction of sp³-hybridized carbons (Fsp3) is 0.435. The number of anilines is 1. The number of nitrogens with one attached hydrogen (secondary N) is 1. The molecule has 4 nitrogen and oxygen atoms in total. The van der Waals surface area contributed by atoms with Crippen LogP contribution in [0.25, 0.3) is 0 Å². The summed E-state index contributed by atoms with van der Waals surface area (Å²) in [4.78, 5) is 14.5. The Kier molecular flexibility index (Phi) is 6.74. The molecule has 27 heavy (non-hydrogen) atoms. The van der Waals surface area contributed by atoms with E-state index >= 15 is 0 Å². The van der Waals surface area contributed by atoms with Gasteiger partial charge in [-0.25, -0.2) is 0 Å². The summed E-state index contributed by atoms with van der Waals surface area (Å²) >= 11 is 0. The van der Waals surface area contributed by atoms with Gasteiger partial charge in [-0.05, 0) is 60.6 Å². The van der Waals surface area contributed by atoms with Crippen molar-refractivity contribution in [2.75, 3.05) is 24.6 Å². The lowest BCUT2D eigenvalue weighted by molar-refractivity contribution is -0.123. The third-order valence-electron chi connectivity index (χ3n) is 5.06. The molecule has 0 bridgehead atoms. The van der Waals surface area contributed by atoms with Crippen LogP contribution in [0.2, 0.25) is 0 Å². The van der Waals surface area contributed by atoms with E-state index in [1.807, 2.05) is 24.3 Å². The molecule has 0 saturated carbocycles. The summed E-state index contributed by atoms with van der Waals surface area (Å²) in [6, 6.07) is 16.4. The standard InChI is InChI=1S/C23H30N2O2/c1-18(2)20-8-12-22(13-9-20)27-17-23(26)24-16-19-6-10-21(11-7-19)25-14-4-3-5-15-25/h6-13,18H,3-5,14-17H2,1-2H3,(H,24,26). The summed E-state index contributed by atoms with van der Waals surface area (Å²) < 4.78 is 5.57. The summed E-state index contributed by atoms with van der Waals surface area (Å²) in [6.07, 6.45) is 3.89. The highest BCUT2D eigenvalue weighted by Crippen LogP contribution is 2.20. The van der Waals surface area contributed by atoms with Gasteiger partial charge in [0.15, 0.2) is 6.61 Å². The first kappa shape index (κ1) is 19.3. The Morgan fingerprint density at radius 1 is 1.00 bits per heavy atom. The number of benzene rings is 2. The van der Waals surface area contributed by atoms with Gasteiger partial charge in [0.05, 0.1) is 0 Å². The Balaban J connectivity index is 1.42. The number of rotatable bonds is 7. The zero-order valence-corrected chi connectivity index (χ0v) is 16.4. The minimum atomic E-state index is -0.108. The average molecular weight is 367 g/mol. The van der Waals surface area contributed by atoms with Crippen LogP contribution in [-0.2, 0) is 11.3 Å². The second-order valence-electron chi connectivity index (χ2n) is 7.50. The zero-order chi connectivity index (χ0) is 19.1. The minimum Gasteiger partial charge on any atom is -0.484 e. The maximum Gasteiger partial charge on any atom is 0.258 e. The molecule has 0 spiro atoms. The molecule has 144 valence electrons. The number of hydrogen-bond donors (Lipinski definition) is 1. The highest BCUT2D eigenvalue weighted by molar-refractivity contribution is 5.77. The van der Waals surface area contributed by atoms with E-state index in [1.54, 1.807) is 0 Å². The molecule has 3 rings (SSSR count). The number of hydrogen-bond acceptors (Lipinski definition) is 3. The van der Waals surface area contributed by atoms with Gasteiger partial charge in [0.1, 0.15) is 5.75 Å². The zero-order valence-electron chi connectivity index (χ0n) is 16.4. The summed E-state index contributed by atoms with van der Waals surface area (Å²) in [6.45, 7) is 7.16. The van der Waals surface area contributed by atoms with Crippen LogP contribution in [0.15, 0.2) is 48.5 Å². The third-order valence-corrected chi connectivity index (χ3v) is 5.06. The number of nitrogens with zero attached hydrogens (tertiary/aromatic N) is 1. The largest absolute Gasteiger partial charge is 0.484 e. The molecule has 0 aliphatic carbocycles. The van der Waals surface area contributed by atoms with Gasteiger partial charge in [-0.3, -0.25) is 4.79 Å². The molecule has 2 aromatic carbocycles. The molecule has 0 unspecified atom stereocenters. The Labute approximate surface area is 162 Å². The molecule has 0 radical (unpaired) electrons. The van der Waals surface area contributed by atoms with Gasteiger partial charge in [0, 0.05) is 25.3 Å². The number of carbonyl (C=O) groups is 1. The summed E-state index contributed by atoms with van der Waals surface area (Å²) in [5.41, 5.74) is 3.64. The van der Waals surface area contributed by atoms with Crippen LogP contribution in [0.1, 0.15) is 50.2 Å². The van der Waals surface area contributed by atoms with Crippen LogP contribution in [0.5, 0.6) is 5.75 Å². The van der Waals surface area contributed by atoms with Crippen LogP contribution >= 0.6 is 0 Å². The summed E-state index contributed by atoms with van der Waals surface area (Å²) in [5.74, 6) is 1.10. The summed E-state index contributed by atoms with van der Waals surface area (Å²) in [5, 5.41) is 2.92. The van der Waals surface area contributed by atoms with Crippen LogP contribution in [0.3, 0.4) is 0 Å². The molecule has 1 aliphatic rings. The van der Waals surface area contributed by atoms with E-state index in [2.05, 4.69) is 48.3 Å². The van der Waals surface area contributed by atoms with Crippen LogP contribution in [0, 0.1) is 0 Å². The van der Waals surface area contributed by atoms with E-state index in [0.717, 1.165) is 24.4 Å². The van der Waals surface area contributed by atoms with Crippen LogP contribution in [0.4, 0.5) is 5.69 Å². The fourth-order valence-corrected chi connectivity index (χ4v) is 3.33. The van der Waals surface area contributed by atoms with Crippen molar-refractivity contribution >= 4 is 11.6 Å². The van der Waals surface area contributed by atoms with Crippen LogP contribution < -0.4 is 15.0 Å². The molecule has 0 aromatic heterocycles. The third kappa shape index (κ3) is 5.75. The van der Waals surface area contributed by atoms with Gasteiger partial charge < -0.3 is 15.0 Å². The first-order valence-electron chi connectivity index (χ1n) is 9.95. The smallest absolute Gasteiger partial charge is 0.258 e. The van der Waals surface area contributed by atoms with Gasteiger partial charge in [-0.15, -0.1) is 0 Å². The fourth-order valence-electron chi connectivity index (χ4n) is 3.33. The quantitative estimate of drug-likeness (QED) is 0.785. The molecular weight excluding hydrogens is 336 g/mol. The van der Waals surface area contributed by atoms with Crippen molar-refractivity contribution < 1.29 is 9.53 Å². The Hall–Kier alpha value is -2.49. The SMILES string of the molecule is CC(C)c1ccc(OCC(=O)NCc2ccc(N3CCCCC3)cc2)cc1. The molecule has 1 saturated heterocycles. The van der Waals surface area contributed by atoms with E-state index in [1.165, 1.54) is 30.5 Å². The number of piperidine rings is 1. The highest BCUT2D eigenvalue weighted by atomic mass is 16.5. The van der Waals surface area contributed by atoms with E-state index in [9.17, 15) is 4.79 Å². The highest BCUT2D eigenvalue weighted by Gasteiger charge is 2.10. The molecule has 1 aliphatic heterocycles. The molecular formula is C23H30N2O2. The Morgan fingerprint density at radius 3 is 2.30 bits per heavy atom. The van der Waals surface area contributed by atoms with Crippen molar-refractivity contribution in [2.24, 2.45) is 0 Å². The Bertz CT molecular complexity index is 717. The number of carbonyl (C=O) groups excluding carboxylic acids is 1. The first-order valence-corrected chi connectivity index (χ1v) is 9.95. The second kappa shape index (κ2) is 9.45. The lowest BCUT2D eigenvalue weighted by atomic mass is 10.0. The molecule has 1 N–H and O–H groups in total. The predicted molar refractivity (Wildman–Crippen MR) is 110 cm³/mol. The first-order chi connectivity index (χ1) is 13.1. The lowest BCUT2D eigenvalue weighted by Crippen LogP contribution is -2.29. The van der Waals surface area contributed by atoms with Crippen molar-refractivity contribution in [3.8, 4) is 5.75 Å². The van der Waals surface area contributed by atoms with Crippen molar-refractivity contribution in [1.82, 2.24) is 5.32 Å². The molecule has 1 fully saturated rings. The number of amides is 1. The monoisotopic (exact) mass is 366 g/mol. The average Bonchev–Trinajstić information content (AvgIpc) is 2.72. The summed E-state index contributed by atoms with van der Waals surface area (Å²) in [7, 11) is 0. The molecule has 1 amide bonds. The Morgan fingerprint density at radius 2 is 1.67 bits per heavy atom. The van der Waals surface area contributed by atoms with Crippen LogP contribution in [-0.4, -0.2) is 25.6 Å².